The van der Waals surface area contributed by atoms with Gasteiger partial charge in [0.15, 0.2) is 0 Å². The molecule has 0 fully saturated rings. The zero-order chi connectivity index (χ0) is 22.1. The molecule has 2 aromatic rings. The Morgan fingerprint density at radius 1 is 0.800 bits per heavy atom. The number of benzene rings is 1. The lowest BCUT2D eigenvalue weighted by Gasteiger charge is -2.35. The number of hydrogen-bond acceptors (Lipinski definition) is 3. The van der Waals surface area contributed by atoms with Crippen LogP contribution in [0.15, 0.2) is 24.3 Å². The van der Waals surface area contributed by atoms with E-state index in [2.05, 4.69) is 93.0 Å². The molecule has 1 N–H and O–H groups in total. The van der Waals surface area contributed by atoms with Crippen molar-refractivity contribution in [2.75, 3.05) is 0 Å². The van der Waals surface area contributed by atoms with Gasteiger partial charge in [0.1, 0.15) is 5.69 Å². The van der Waals surface area contributed by atoms with Gasteiger partial charge in [-0.25, -0.2) is 0 Å². The van der Waals surface area contributed by atoms with E-state index in [-0.39, 0.29) is 0 Å². The van der Waals surface area contributed by atoms with Crippen LogP contribution < -0.4 is 0 Å². The molecule has 1 aromatic carbocycles. The molecule has 0 saturated carbocycles. The van der Waals surface area contributed by atoms with Crippen molar-refractivity contribution in [3.05, 3.63) is 35.5 Å². The van der Waals surface area contributed by atoms with Gasteiger partial charge in [-0.2, -0.15) is 0 Å². The monoisotopic (exact) mass is 412 g/mol. The molecule has 4 nitrogen and oxygen atoms in total. The van der Waals surface area contributed by atoms with E-state index < -0.39 is 0 Å². The minimum Gasteiger partial charge on any atom is -0.292 e. The van der Waals surface area contributed by atoms with Crippen molar-refractivity contribution in [2.45, 2.75) is 106 Å². The normalized spacial score (nSPS) is 14.1. The van der Waals surface area contributed by atoms with E-state index in [4.69, 9.17) is 0 Å². The number of aromatic nitrogens is 3. The van der Waals surface area contributed by atoms with Crippen LogP contribution in [-0.2, 0) is 6.54 Å². The Bertz CT molecular complexity index is 697. The maximum absolute atomic E-state index is 4.43. The highest BCUT2D eigenvalue weighted by Crippen LogP contribution is 2.25. The van der Waals surface area contributed by atoms with Gasteiger partial charge in [0, 0.05) is 24.2 Å². The molecule has 2 atom stereocenters. The third-order valence-corrected chi connectivity index (χ3v) is 6.23. The molecule has 2 rings (SSSR count). The molecule has 168 valence electrons. The number of hydrogen-bond donors (Lipinski definition) is 1. The van der Waals surface area contributed by atoms with Gasteiger partial charge in [-0.05, 0) is 45.4 Å². The summed E-state index contributed by atoms with van der Waals surface area (Å²) in [4.78, 5) is 2.67. The Morgan fingerprint density at radius 3 is 1.83 bits per heavy atom. The Kier molecular flexibility index (Phi) is 10.0. The van der Waals surface area contributed by atoms with Gasteiger partial charge in [0.2, 0.25) is 0 Å². The van der Waals surface area contributed by atoms with Gasteiger partial charge in [0.25, 0.3) is 0 Å². The predicted molar refractivity (Wildman–Crippen MR) is 128 cm³/mol. The molecule has 30 heavy (non-hydrogen) atoms. The van der Waals surface area contributed by atoms with Crippen LogP contribution in [0.25, 0.3) is 11.3 Å². The fourth-order valence-electron chi connectivity index (χ4n) is 4.21. The molecular weight excluding hydrogens is 368 g/mol. The highest BCUT2D eigenvalue weighted by Gasteiger charge is 2.23. The van der Waals surface area contributed by atoms with E-state index in [0.717, 1.165) is 35.3 Å². The molecule has 0 amide bonds. The van der Waals surface area contributed by atoms with Crippen molar-refractivity contribution in [2.24, 2.45) is 11.8 Å². The van der Waals surface area contributed by atoms with Gasteiger partial charge < -0.3 is 0 Å². The van der Waals surface area contributed by atoms with E-state index in [1.54, 1.807) is 0 Å². The van der Waals surface area contributed by atoms with Gasteiger partial charge in [-0.1, -0.05) is 88.4 Å². The summed E-state index contributed by atoms with van der Waals surface area (Å²) in [7, 11) is 0. The Hall–Kier alpha value is -1.68. The maximum atomic E-state index is 4.43. The van der Waals surface area contributed by atoms with Crippen molar-refractivity contribution in [1.82, 2.24) is 20.3 Å². The lowest BCUT2D eigenvalue weighted by atomic mass is 9.99. The zero-order valence-corrected chi connectivity index (χ0v) is 20.4. The number of aryl methyl sites for hydroxylation is 1. The SMILES string of the molecule is Cc1ccc(-c2nn[nH]c2CN(C(C)CCCC(C)C)C(C)CCCC(C)C)cc1. The van der Waals surface area contributed by atoms with Crippen molar-refractivity contribution in [3.63, 3.8) is 0 Å². The van der Waals surface area contributed by atoms with Crippen molar-refractivity contribution in [1.29, 1.82) is 0 Å². The lowest BCUT2D eigenvalue weighted by molar-refractivity contribution is 0.123. The molecule has 0 aliphatic heterocycles. The highest BCUT2D eigenvalue weighted by atomic mass is 15.3. The minimum atomic E-state index is 0.548. The maximum Gasteiger partial charge on any atom is 0.117 e. The summed E-state index contributed by atoms with van der Waals surface area (Å²) >= 11 is 0. The van der Waals surface area contributed by atoms with Gasteiger partial charge >= 0.3 is 0 Å². The summed E-state index contributed by atoms with van der Waals surface area (Å²) in [5.74, 6) is 1.55. The summed E-state index contributed by atoms with van der Waals surface area (Å²) < 4.78 is 0. The predicted octanol–water partition coefficient (Wildman–Crippen LogP) is 7.01. The summed E-state index contributed by atoms with van der Waals surface area (Å²) in [5.41, 5.74) is 4.53. The molecule has 1 aromatic heterocycles. The van der Waals surface area contributed by atoms with E-state index in [1.807, 2.05) is 0 Å². The smallest absolute Gasteiger partial charge is 0.117 e. The first-order valence-electron chi connectivity index (χ1n) is 12.0. The lowest BCUT2D eigenvalue weighted by Crippen LogP contribution is -2.40. The second kappa shape index (κ2) is 12.2. The summed E-state index contributed by atoms with van der Waals surface area (Å²) in [6, 6.07) is 9.70. The Balaban J connectivity index is 2.14. The van der Waals surface area contributed by atoms with E-state index >= 15 is 0 Å². The van der Waals surface area contributed by atoms with Crippen molar-refractivity contribution < 1.29 is 0 Å². The molecule has 0 radical (unpaired) electrons. The first-order chi connectivity index (χ1) is 14.3. The molecule has 0 aliphatic rings. The third kappa shape index (κ3) is 7.86. The largest absolute Gasteiger partial charge is 0.292 e. The molecule has 0 bridgehead atoms. The van der Waals surface area contributed by atoms with Crippen LogP contribution in [-0.4, -0.2) is 32.4 Å². The summed E-state index contributed by atoms with van der Waals surface area (Å²) in [6.45, 7) is 17.1. The van der Waals surface area contributed by atoms with Crippen molar-refractivity contribution >= 4 is 0 Å². The molecule has 0 spiro atoms. The second-order valence-electron chi connectivity index (χ2n) is 10.0. The number of rotatable bonds is 13. The topological polar surface area (TPSA) is 44.8 Å². The Morgan fingerprint density at radius 2 is 1.33 bits per heavy atom. The quantitative estimate of drug-likeness (QED) is 0.385. The van der Waals surface area contributed by atoms with Crippen LogP contribution in [0.5, 0.6) is 0 Å². The van der Waals surface area contributed by atoms with Crippen LogP contribution in [0.4, 0.5) is 0 Å². The highest BCUT2D eigenvalue weighted by molar-refractivity contribution is 5.61. The van der Waals surface area contributed by atoms with Crippen LogP contribution in [0.3, 0.4) is 0 Å². The van der Waals surface area contributed by atoms with Crippen molar-refractivity contribution in [3.8, 4) is 11.3 Å². The fraction of sp³-hybridized carbons (Fsp3) is 0.692. The molecular formula is C26H44N4. The number of nitrogens with zero attached hydrogens (tertiary/aromatic N) is 3. The van der Waals surface area contributed by atoms with Gasteiger partial charge in [-0.15, -0.1) is 5.10 Å². The van der Waals surface area contributed by atoms with Crippen LogP contribution in [0.1, 0.15) is 91.3 Å². The molecule has 4 heteroatoms. The number of H-pyrrole nitrogens is 1. The van der Waals surface area contributed by atoms with E-state index in [9.17, 15) is 0 Å². The van der Waals surface area contributed by atoms with Gasteiger partial charge in [-0.3, -0.25) is 10.00 Å². The van der Waals surface area contributed by atoms with E-state index in [1.165, 1.54) is 44.1 Å². The number of nitrogens with one attached hydrogen (secondary N) is 1. The molecule has 2 unspecified atom stereocenters. The summed E-state index contributed by atoms with van der Waals surface area (Å²) in [5, 5.41) is 11.8. The molecule has 1 heterocycles. The average molecular weight is 413 g/mol. The van der Waals surface area contributed by atoms with Crippen LogP contribution in [0.2, 0.25) is 0 Å². The van der Waals surface area contributed by atoms with Gasteiger partial charge in [0.05, 0.1) is 5.69 Å². The molecule has 0 aliphatic carbocycles. The number of aromatic amines is 1. The van der Waals surface area contributed by atoms with Crippen LogP contribution >= 0.6 is 0 Å². The average Bonchev–Trinajstić information content (AvgIpc) is 3.14. The fourth-order valence-corrected chi connectivity index (χ4v) is 4.21. The summed E-state index contributed by atoms with van der Waals surface area (Å²) in [6.07, 6.45) is 7.68. The standard InChI is InChI=1S/C26H44N4/c1-19(2)10-8-12-22(6)30(23(7)13-9-11-20(3)4)18-25-26(28-29-27-25)24-16-14-21(5)15-17-24/h14-17,19-20,22-23H,8-13,18H2,1-7H3,(H,27,28,29). The first-order valence-corrected chi connectivity index (χ1v) is 12.0. The first kappa shape index (κ1) is 24.6. The third-order valence-electron chi connectivity index (χ3n) is 6.23. The second-order valence-corrected chi connectivity index (χ2v) is 10.0. The molecule has 0 saturated heterocycles. The zero-order valence-electron chi connectivity index (χ0n) is 20.4. The van der Waals surface area contributed by atoms with Crippen LogP contribution in [0, 0.1) is 18.8 Å². The van der Waals surface area contributed by atoms with E-state index in [0.29, 0.717) is 12.1 Å². The Labute approximate surface area is 184 Å². The minimum absolute atomic E-state index is 0.548.